The topological polar surface area (TPSA) is 55.1 Å². The fourth-order valence-corrected chi connectivity index (χ4v) is 3.72. The first kappa shape index (κ1) is 16.1. The number of fused-ring (bicyclic) bond motifs is 1. The van der Waals surface area contributed by atoms with Gasteiger partial charge in [0.15, 0.2) is 5.76 Å². The van der Waals surface area contributed by atoms with E-state index in [1.165, 1.54) is 11.3 Å². The number of benzene rings is 2. The quantitative estimate of drug-likeness (QED) is 0.497. The molecule has 25 heavy (non-hydrogen) atoms. The Morgan fingerprint density at radius 1 is 1.16 bits per heavy atom. The van der Waals surface area contributed by atoms with Crippen molar-refractivity contribution >= 4 is 44.1 Å². The molecule has 2 heterocycles. The lowest BCUT2D eigenvalue weighted by molar-refractivity contribution is 0.0925. The molecule has 2 aromatic heterocycles. The van der Waals surface area contributed by atoms with Crippen molar-refractivity contribution in [2.75, 3.05) is 0 Å². The number of thiazole rings is 1. The summed E-state index contributed by atoms with van der Waals surface area (Å²) in [5.74, 6) is 0.0429. The zero-order valence-electron chi connectivity index (χ0n) is 13.0. The third-order valence-corrected chi connectivity index (χ3v) is 5.21. The molecule has 0 atom stereocenters. The van der Waals surface area contributed by atoms with Crippen molar-refractivity contribution in [1.82, 2.24) is 10.3 Å². The van der Waals surface area contributed by atoms with Gasteiger partial charge in [0.1, 0.15) is 10.6 Å². The monoisotopic (exact) mass is 412 g/mol. The molecule has 0 spiro atoms. The predicted octanol–water partition coefficient (Wildman–Crippen LogP) is 5.25. The summed E-state index contributed by atoms with van der Waals surface area (Å²) < 4.78 is 6.48. The number of rotatable bonds is 4. The van der Waals surface area contributed by atoms with Crippen LogP contribution in [0.4, 0.5) is 0 Å². The lowest BCUT2D eigenvalue weighted by Gasteiger charge is -2.00. The van der Waals surface area contributed by atoms with Gasteiger partial charge in [-0.25, -0.2) is 4.98 Å². The zero-order chi connectivity index (χ0) is 17.2. The van der Waals surface area contributed by atoms with Crippen molar-refractivity contribution in [1.29, 1.82) is 0 Å². The summed E-state index contributed by atoms with van der Waals surface area (Å²) >= 11 is 4.95. The van der Waals surface area contributed by atoms with Crippen molar-refractivity contribution < 1.29 is 9.21 Å². The van der Waals surface area contributed by atoms with Gasteiger partial charge in [0.2, 0.25) is 0 Å². The number of nitrogens with one attached hydrogen (secondary N) is 1. The van der Waals surface area contributed by atoms with Crippen LogP contribution in [0.3, 0.4) is 0 Å². The Balaban J connectivity index is 1.46. The van der Waals surface area contributed by atoms with E-state index in [0.29, 0.717) is 17.9 Å². The maximum atomic E-state index is 12.3. The van der Waals surface area contributed by atoms with E-state index in [1.807, 2.05) is 53.9 Å². The molecular formula is C19H13BrN2O2S. The molecule has 0 saturated carbocycles. The van der Waals surface area contributed by atoms with E-state index >= 15 is 0 Å². The third kappa shape index (κ3) is 3.36. The Hall–Kier alpha value is -2.44. The van der Waals surface area contributed by atoms with Crippen LogP contribution in [0.2, 0.25) is 0 Å². The van der Waals surface area contributed by atoms with Gasteiger partial charge < -0.3 is 9.73 Å². The van der Waals surface area contributed by atoms with E-state index < -0.39 is 0 Å². The minimum atomic E-state index is -0.250. The van der Waals surface area contributed by atoms with Crippen molar-refractivity contribution in [3.05, 3.63) is 75.2 Å². The first-order valence-electron chi connectivity index (χ1n) is 7.67. The number of carbonyl (C=O) groups excluding carboxylic acids is 1. The highest BCUT2D eigenvalue weighted by atomic mass is 79.9. The lowest BCUT2D eigenvalue weighted by Crippen LogP contribution is -2.22. The molecular weight excluding hydrogens is 400 g/mol. The van der Waals surface area contributed by atoms with Crippen LogP contribution in [-0.4, -0.2) is 10.9 Å². The molecule has 0 aliphatic carbocycles. The minimum Gasteiger partial charge on any atom is -0.450 e. The van der Waals surface area contributed by atoms with Gasteiger partial charge in [-0.3, -0.25) is 4.79 Å². The normalized spacial score (nSPS) is 10.9. The highest BCUT2D eigenvalue weighted by Crippen LogP contribution is 2.27. The first-order valence-corrected chi connectivity index (χ1v) is 9.34. The van der Waals surface area contributed by atoms with Gasteiger partial charge in [-0.2, -0.15) is 0 Å². The summed E-state index contributed by atoms with van der Waals surface area (Å²) in [7, 11) is 0. The van der Waals surface area contributed by atoms with Gasteiger partial charge in [0, 0.05) is 16.3 Å². The minimum absolute atomic E-state index is 0.250. The molecule has 0 bridgehead atoms. The van der Waals surface area contributed by atoms with Crippen LogP contribution in [0.15, 0.2) is 68.9 Å². The van der Waals surface area contributed by atoms with Gasteiger partial charge in [-0.05, 0) is 28.1 Å². The van der Waals surface area contributed by atoms with Crippen molar-refractivity contribution in [2.24, 2.45) is 0 Å². The molecule has 0 unspecified atom stereocenters. The number of halogens is 1. The smallest absolute Gasteiger partial charge is 0.287 e. The van der Waals surface area contributed by atoms with Crippen molar-refractivity contribution in [3.8, 4) is 11.3 Å². The highest BCUT2D eigenvalue weighted by molar-refractivity contribution is 9.10. The molecule has 1 amide bonds. The Labute approximate surface area is 156 Å². The van der Waals surface area contributed by atoms with Crippen LogP contribution in [0.5, 0.6) is 0 Å². The number of para-hydroxylation sites is 1. The molecule has 2 aromatic carbocycles. The zero-order valence-corrected chi connectivity index (χ0v) is 15.4. The second-order valence-electron chi connectivity index (χ2n) is 5.44. The third-order valence-electron chi connectivity index (χ3n) is 3.74. The molecule has 1 N–H and O–H groups in total. The molecule has 4 aromatic rings. The Bertz CT molecular complexity index is 1040. The van der Waals surface area contributed by atoms with Crippen LogP contribution in [0.25, 0.3) is 22.2 Å². The summed E-state index contributed by atoms with van der Waals surface area (Å²) in [6, 6.07) is 17.4. The fraction of sp³-hybridized carbons (Fsp3) is 0.0526. The van der Waals surface area contributed by atoms with Crippen LogP contribution in [0.1, 0.15) is 15.6 Å². The summed E-state index contributed by atoms with van der Waals surface area (Å²) in [6.45, 7) is 0.370. The fourth-order valence-electron chi connectivity index (χ4n) is 2.52. The molecule has 4 rings (SSSR count). The second-order valence-corrected chi connectivity index (χ2v) is 7.24. The highest BCUT2D eigenvalue weighted by Gasteiger charge is 2.14. The molecule has 0 radical (unpaired) electrons. The molecule has 0 aliphatic heterocycles. The van der Waals surface area contributed by atoms with E-state index in [4.69, 9.17) is 4.42 Å². The molecule has 0 saturated heterocycles. The van der Waals surface area contributed by atoms with Crippen molar-refractivity contribution in [2.45, 2.75) is 6.54 Å². The van der Waals surface area contributed by atoms with Gasteiger partial charge in [-0.1, -0.05) is 42.5 Å². The number of aromatic nitrogens is 1. The Kier molecular flexibility index (Phi) is 4.38. The van der Waals surface area contributed by atoms with Gasteiger partial charge >= 0.3 is 0 Å². The van der Waals surface area contributed by atoms with E-state index in [1.54, 1.807) is 6.07 Å². The first-order chi connectivity index (χ1) is 12.2. The predicted molar refractivity (Wildman–Crippen MR) is 103 cm³/mol. The van der Waals surface area contributed by atoms with E-state index in [0.717, 1.165) is 26.1 Å². The van der Waals surface area contributed by atoms with Gasteiger partial charge in [-0.15, -0.1) is 11.3 Å². The summed E-state index contributed by atoms with van der Waals surface area (Å²) in [6.07, 6.45) is 0. The number of amides is 1. The van der Waals surface area contributed by atoms with E-state index in [-0.39, 0.29) is 5.91 Å². The van der Waals surface area contributed by atoms with Crippen LogP contribution in [0, 0.1) is 0 Å². The number of nitrogens with zero attached hydrogens (tertiary/aromatic N) is 1. The van der Waals surface area contributed by atoms with Gasteiger partial charge in [0.25, 0.3) is 5.91 Å². The second kappa shape index (κ2) is 6.82. The summed E-state index contributed by atoms with van der Waals surface area (Å²) in [5.41, 5.74) is 2.66. The average Bonchev–Trinajstić information content (AvgIpc) is 3.28. The molecule has 4 nitrogen and oxygen atoms in total. The van der Waals surface area contributed by atoms with E-state index in [2.05, 4.69) is 26.2 Å². The number of furan rings is 1. The van der Waals surface area contributed by atoms with Crippen LogP contribution in [-0.2, 0) is 6.54 Å². The molecule has 0 fully saturated rings. The number of carbonyl (C=O) groups is 1. The lowest BCUT2D eigenvalue weighted by atomic mass is 10.2. The maximum absolute atomic E-state index is 12.3. The van der Waals surface area contributed by atoms with Crippen molar-refractivity contribution in [3.63, 3.8) is 0 Å². The Morgan fingerprint density at radius 3 is 2.80 bits per heavy atom. The Morgan fingerprint density at radius 2 is 2.00 bits per heavy atom. The van der Waals surface area contributed by atoms with Crippen LogP contribution < -0.4 is 5.32 Å². The van der Waals surface area contributed by atoms with Crippen LogP contribution >= 0.6 is 27.3 Å². The number of hydrogen-bond acceptors (Lipinski definition) is 4. The largest absolute Gasteiger partial charge is 0.450 e. The number of hydrogen-bond donors (Lipinski definition) is 1. The molecule has 0 aliphatic rings. The maximum Gasteiger partial charge on any atom is 0.287 e. The molecule has 124 valence electrons. The summed E-state index contributed by atoms with van der Waals surface area (Å²) in [5, 5.41) is 6.60. The average molecular weight is 413 g/mol. The SMILES string of the molecule is O=C(NCc1nc(-c2ccccc2)cs1)c1cc2cccc(Br)c2o1. The van der Waals surface area contributed by atoms with E-state index in [9.17, 15) is 4.79 Å². The summed E-state index contributed by atoms with van der Waals surface area (Å²) in [4.78, 5) is 16.9. The van der Waals surface area contributed by atoms with Gasteiger partial charge in [0.05, 0.1) is 16.7 Å². The standard InChI is InChI=1S/C19H13BrN2O2S/c20-14-8-4-7-13-9-16(24-18(13)14)19(23)21-10-17-22-15(11-25-17)12-5-2-1-3-6-12/h1-9,11H,10H2,(H,21,23). The molecule has 6 heteroatoms.